The number of ether oxygens (including phenoxy) is 1. The zero-order valence-electron chi connectivity index (χ0n) is 12.8. The van der Waals surface area contributed by atoms with Crippen molar-refractivity contribution in [2.45, 2.75) is 57.2 Å². The first-order chi connectivity index (χ1) is 9.78. The SMILES string of the molecule is CCC1CCC(O)C(N2CCC(N3CCOCC3)C2)C1. The molecule has 0 aromatic rings. The van der Waals surface area contributed by atoms with Crippen molar-refractivity contribution in [3.63, 3.8) is 0 Å². The quantitative estimate of drug-likeness (QED) is 0.847. The number of likely N-dealkylation sites (tertiary alicyclic amines) is 1. The van der Waals surface area contributed by atoms with Gasteiger partial charge >= 0.3 is 0 Å². The monoisotopic (exact) mass is 282 g/mol. The minimum Gasteiger partial charge on any atom is -0.391 e. The second-order valence-corrected chi connectivity index (χ2v) is 6.81. The van der Waals surface area contributed by atoms with Crippen molar-refractivity contribution in [3.8, 4) is 0 Å². The highest BCUT2D eigenvalue weighted by Gasteiger charge is 2.37. The molecule has 4 nitrogen and oxygen atoms in total. The molecule has 2 saturated heterocycles. The van der Waals surface area contributed by atoms with Crippen LogP contribution in [0.1, 0.15) is 39.0 Å². The van der Waals surface area contributed by atoms with Gasteiger partial charge in [-0.15, -0.1) is 0 Å². The van der Waals surface area contributed by atoms with Crippen molar-refractivity contribution in [3.05, 3.63) is 0 Å². The van der Waals surface area contributed by atoms with Gasteiger partial charge in [-0.1, -0.05) is 13.3 Å². The minimum atomic E-state index is -0.0961. The number of nitrogens with zero attached hydrogens (tertiary/aromatic N) is 2. The van der Waals surface area contributed by atoms with Crippen molar-refractivity contribution < 1.29 is 9.84 Å². The fourth-order valence-electron chi connectivity index (χ4n) is 4.29. The van der Waals surface area contributed by atoms with Crippen LogP contribution >= 0.6 is 0 Å². The summed E-state index contributed by atoms with van der Waals surface area (Å²) in [6.07, 6.45) is 5.86. The number of morpholine rings is 1. The number of hydrogen-bond donors (Lipinski definition) is 1. The van der Waals surface area contributed by atoms with Crippen LogP contribution in [0.15, 0.2) is 0 Å². The maximum absolute atomic E-state index is 10.4. The molecule has 3 rings (SSSR count). The summed E-state index contributed by atoms with van der Waals surface area (Å²) in [6, 6.07) is 1.10. The van der Waals surface area contributed by atoms with Gasteiger partial charge in [0.15, 0.2) is 0 Å². The van der Waals surface area contributed by atoms with Crippen LogP contribution in [0.3, 0.4) is 0 Å². The molecule has 0 spiro atoms. The van der Waals surface area contributed by atoms with Gasteiger partial charge in [-0.3, -0.25) is 9.80 Å². The Morgan fingerprint density at radius 3 is 2.60 bits per heavy atom. The van der Waals surface area contributed by atoms with Gasteiger partial charge in [0.1, 0.15) is 0 Å². The molecule has 4 heteroatoms. The van der Waals surface area contributed by atoms with E-state index < -0.39 is 0 Å². The topological polar surface area (TPSA) is 35.9 Å². The second kappa shape index (κ2) is 6.73. The summed E-state index contributed by atoms with van der Waals surface area (Å²) in [5.41, 5.74) is 0. The Hall–Kier alpha value is -0.160. The van der Waals surface area contributed by atoms with Crippen molar-refractivity contribution in [1.29, 1.82) is 0 Å². The van der Waals surface area contributed by atoms with Crippen LogP contribution in [0.2, 0.25) is 0 Å². The van der Waals surface area contributed by atoms with Gasteiger partial charge in [-0.05, 0) is 31.6 Å². The van der Waals surface area contributed by atoms with Crippen molar-refractivity contribution in [1.82, 2.24) is 9.80 Å². The molecule has 3 fully saturated rings. The van der Waals surface area contributed by atoms with E-state index in [0.29, 0.717) is 12.1 Å². The molecule has 3 aliphatic rings. The zero-order chi connectivity index (χ0) is 13.9. The van der Waals surface area contributed by atoms with E-state index in [2.05, 4.69) is 16.7 Å². The Morgan fingerprint density at radius 2 is 1.85 bits per heavy atom. The lowest BCUT2D eigenvalue weighted by molar-refractivity contribution is -0.00122. The summed E-state index contributed by atoms with van der Waals surface area (Å²) in [4.78, 5) is 5.17. The first-order valence-corrected chi connectivity index (χ1v) is 8.52. The summed E-state index contributed by atoms with van der Waals surface area (Å²) < 4.78 is 5.45. The molecule has 2 heterocycles. The average molecular weight is 282 g/mol. The summed E-state index contributed by atoms with van der Waals surface area (Å²) in [5.74, 6) is 0.825. The second-order valence-electron chi connectivity index (χ2n) is 6.81. The molecule has 4 unspecified atom stereocenters. The molecule has 0 aromatic heterocycles. The molecule has 0 bridgehead atoms. The maximum Gasteiger partial charge on any atom is 0.0695 e. The van der Waals surface area contributed by atoms with Crippen LogP contribution in [-0.4, -0.2) is 72.5 Å². The Labute approximate surface area is 123 Å². The molecular weight excluding hydrogens is 252 g/mol. The first kappa shape index (κ1) is 14.8. The average Bonchev–Trinajstić information content (AvgIpc) is 2.98. The fourth-order valence-corrected chi connectivity index (χ4v) is 4.29. The van der Waals surface area contributed by atoms with Crippen LogP contribution < -0.4 is 0 Å². The smallest absolute Gasteiger partial charge is 0.0695 e. The summed E-state index contributed by atoms with van der Waals surface area (Å²) in [7, 11) is 0. The van der Waals surface area contributed by atoms with Crippen LogP contribution in [0.4, 0.5) is 0 Å². The fraction of sp³-hybridized carbons (Fsp3) is 1.00. The third-order valence-electron chi connectivity index (χ3n) is 5.69. The number of hydrogen-bond acceptors (Lipinski definition) is 4. The van der Waals surface area contributed by atoms with Crippen LogP contribution in [0.5, 0.6) is 0 Å². The normalized spacial score (nSPS) is 41.1. The molecule has 1 saturated carbocycles. The Morgan fingerprint density at radius 1 is 1.05 bits per heavy atom. The van der Waals surface area contributed by atoms with E-state index in [-0.39, 0.29) is 6.10 Å². The highest BCUT2D eigenvalue weighted by Crippen LogP contribution is 2.32. The molecule has 1 N–H and O–H groups in total. The van der Waals surface area contributed by atoms with Crippen LogP contribution in [0, 0.1) is 5.92 Å². The van der Waals surface area contributed by atoms with Gasteiger partial charge in [-0.25, -0.2) is 0 Å². The summed E-state index contributed by atoms with van der Waals surface area (Å²) in [6.45, 7) is 8.56. The van der Waals surface area contributed by atoms with E-state index in [1.54, 1.807) is 0 Å². The predicted molar refractivity (Wildman–Crippen MR) is 79.8 cm³/mol. The van der Waals surface area contributed by atoms with Crippen LogP contribution in [-0.2, 0) is 4.74 Å². The minimum absolute atomic E-state index is 0.0961. The largest absolute Gasteiger partial charge is 0.391 e. The zero-order valence-corrected chi connectivity index (χ0v) is 12.8. The molecule has 2 aliphatic heterocycles. The molecule has 20 heavy (non-hydrogen) atoms. The lowest BCUT2D eigenvalue weighted by Gasteiger charge is -2.39. The standard InChI is InChI=1S/C16H30N2O2/c1-2-13-3-4-16(19)15(11-13)18-6-5-14(12-18)17-7-9-20-10-8-17/h13-16,19H,2-12H2,1H3. The third-order valence-corrected chi connectivity index (χ3v) is 5.69. The van der Waals surface area contributed by atoms with Crippen molar-refractivity contribution in [2.75, 3.05) is 39.4 Å². The predicted octanol–water partition coefficient (Wildman–Crippen LogP) is 1.33. The Bertz CT molecular complexity index is 307. The van der Waals surface area contributed by atoms with Crippen LogP contribution in [0.25, 0.3) is 0 Å². The molecule has 0 amide bonds. The van der Waals surface area contributed by atoms with Gasteiger partial charge in [-0.2, -0.15) is 0 Å². The molecular formula is C16H30N2O2. The molecule has 0 aromatic carbocycles. The van der Waals surface area contributed by atoms with E-state index >= 15 is 0 Å². The number of rotatable bonds is 3. The van der Waals surface area contributed by atoms with Gasteiger partial charge in [0.2, 0.25) is 0 Å². The van der Waals surface area contributed by atoms with E-state index in [0.717, 1.165) is 45.2 Å². The van der Waals surface area contributed by atoms with Crippen molar-refractivity contribution in [2.24, 2.45) is 5.92 Å². The highest BCUT2D eigenvalue weighted by atomic mass is 16.5. The van der Waals surface area contributed by atoms with E-state index in [4.69, 9.17) is 4.74 Å². The third kappa shape index (κ3) is 3.19. The lowest BCUT2D eigenvalue weighted by Crippen LogP contribution is -2.49. The maximum atomic E-state index is 10.4. The van der Waals surface area contributed by atoms with E-state index in [1.807, 2.05) is 0 Å². The molecule has 116 valence electrons. The molecule has 4 atom stereocenters. The highest BCUT2D eigenvalue weighted by molar-refractivity contribution is 4.93. The number of aliphatic hydroxyl groups excluding tert-OH is 1. The van der Waals surface area contributed by atoms with E-state index in [1.165, 1.54) is 32.2 Å². The van der Waals surface area contributed by atoms with Crippen molar-refractivity contribution >= 4 is 0 Å². The number of aliphatic hydroxyl groups is 1. The van der Waals surface area contributed by atoms with Gasteiger partial charge in [0.25, 0.3) is 0 Å². The summed E-state index contributed by atoms with van der Waals surface area (Å²) in [5, 5.41) is 10.4. The Kier molecular flexibility index (Phi) is 4.97. The molecule has 1 aliphatic carbocycles. The summed E-state index contributed by atoms with van der Waals surface area (Å²) >= 11 is 0. The van der Waals surface area contributed by atoms with Gasteiger partial charge in [0.05, 0.1) is 19.3 Å². The lowest BCUT2D eigenvalue weighted by atomic mass is 9.82. The molecule has 0 radical (unpaired) electrons. The van der Waals surface area contributed by atoms with Gasteiger partial charge < -0.3 is 9.84 Å². The Balaban J connectivity index is 1.55. The van der Waals surface area contributed by atoms with Gasteiger partial charge in [0, 0.05) is 38.3 Å². The van der Waals surface area contributed by atoms with E-state index in [9.17, 15) is 5.11 Å². The first-order valence-electron chi connectivity index (χ1n) is 8.52.